The van der Waals surface area contributed by atoms with Gasteiger partial charge >= 0.3 is 0 Å². The van der Waals surface area contributed by atoms with Crippen LogP contribution < -0.4 is 14.8 Å². The molecule has 1 heterocycles. The van der Waals surface area contributed by atoms with Crippen molar-refractivity contribution in [2.75, 3.05) is 13.2 Å². The molecule has 1 amide bonds. The predicted molar refractivity (Wildman–Crippen MR) is 110 cm³/mol. The molecule has 29 heavy (non-hydrogen) atoms. The second-order valence-corrected chi connectivity index (χ2v) is 9.34. The van der Waals surface area contributed by atoms with Gasteiger partial charge in [-0.15, -0.1) is 0 Å². The van der Waals surface area contributed by atoms with Crippen molar-refractivity contribution in [3.05, 3.63) is 17.3 Å². The van der Waals surface area contributed by atoms with Crippen molar-refractivity contribution in [3.63, 3.8) is 0 Å². The molecule has 1 aromatic rings. The number of rotatable bonds is 9. The molecule has 4 atom stereocenters. The van der Waals surface area contributed by atoms with Crippen molar-refractivity contribution in [1.82, 2.24) is 10.3 Å². The van der Waals surface area contributed by atoms with Crippen molar-refractivity contribution in [2.45, 2.75) is 70.6 Å². The van der Waals surface area contributed by atoms with Crippen LogP contribution in [0.5, 0.6) is 11.6 Å². The Morgan fingerprint density at radius 3 is 2.83 bits per heavy atom. The molecule has 1 aromatic heterocycles. The first-order valence-electron chi connectivity index (χ1n) is 10.8. The first-order chi connectivity index (χ1) is 14.0. The largest absolute Gasteiger partial charge is 0.488 e. The summed E-state index contributed by atoms with van der Waals surface area (Å²) in [5, 5.41) is 3.30. The minimum absolute atomic E-state index is 0.0305. The Morgan fingerprint density at radius 2 is 2.14 bits per heavy atom. The summed E-state index contributed by atoms with van der Waals surface area (Å²) < 4.78 is 18.0. The van der Waals surface area contributed by atoms with E-state index in [9.17, 15) is 4.79 Å². The number of amides is 1. The van der Waals surface area contributed by atoms with E-state index in [1.54, 1.807) is 6.20 Å². The van der Waals surface area contributed by atoms with Gasteiger partial charge in [-0.2, -0.15) is 0 Å². The molecule has 3 saturated carbocycles. The third-order valence-corrected chi connectivity index (χ3v) is 6.80. The number of fused-ring (bicyclic) bond motifs is 2. The van der Waals surface area contributed by atoms with Gasteiger partial charge in [-0.3, -0.25) is 4.79 Å². The maximum Gasteiger partial charge on any atom is 0.236 e. The molecule has 0 aromatic carbocycles. The summed E-state index contributed by atoms with van der Waals surface area (Å²) >= 11 is 6.52. The van der Waals surface area contributed by atoms with E-state index in [-0.39, 0.29) is 24.2 Å². The summed E-state index contributed by atoms with van der Waals surface area (Å²) in [6.07, 6.45) is 9.19. The van der Waals surface area contributed by atoms with Gasteiger partial charge in [0.25, 0.3) is 0 Å². The van der Waals surface area contributed by atoms with E-state index in [1.165, 1.54) is 26.2 Å². The predicted octanol–water partition coefficient (Wildman–Crippen LogP) is 4.00. The van der Waals surface area contributed by atoms with Crippen LogP contribution in [-0.2, 0) is 9.53 Å². The number of hydrogen-bond donors (Lipinski definition) is 1. The standard InChI is InChI=1S/C22H31ClN2O4/c1-13(25-14(2)26)11-27-18-8-16(9-18)12-28-22-21(23)19(5-6-24-22)29-20-10-15-3-4-17(20)7-15/h5-6,13,15-18,20H,3-4,7-12H2,1-2H3,(H,25,26)/t13-,15+,16?,17+,18?,20?/m0/s1. The zero-order valence-corrected chi connectivity index (χ0v) is 18.0. The van der Waals surface area contributed by atoms with E-state index in [0.717, 1.165) is 25.2 Å². The number of carbonyl (C=O) groups is 1. The van der Waals surface area contributed by atoms with Crippen molar-refractivity contribution < 1.29 is 19.0 Å². The number of ether oxygens (including phenoxy) is 3. The van der Waals surface area contributed by atoms with Gasteiger partial charge in [0.2, 0.25) is 11.8 Å². The highest BCUT2D eigenvalue weighted by Crippen LogP contribution is 2.47. The van der Waals surface area contributed by atoms with Crippen LogP contribution in [0.1, 0.15) is 52.4 Å². The normalized spacial score (nSPS) is 31.2. The summed E-state index contributed by atoms with van der Waals surface area (Å²) in [6.45, 7) is 4.57. The maximum atomic E-state index is 11.0. The van der Waals surface area contributed by atoms with E-state index < -0.39 is 0 Å². The van der Waals surface area contributed by atoms with Crippen LogP contribution in [0.25, 0.3) is 0 Å². The molecule has 0 spiro atoms. The molecule has 3 aliphatic rings. The van der Waals surface area contributed by atoms with Crippen LogP contribution in [0.2, 0.25) is 5.02 Å². The van der Waals surface area contributed by atoms with Gasteiger partial charge < -0.3 is 19.5 Å². The minimum atomic E-state index is -0.0305. The number of pyridine rings is 1. The number of aromatic nitrogens is 1. The number of nitrogens with one attached hydrogen (secondary N) is 1. The third-order valence-electron chi connectivity index (χ3n) is 6.45. The molecule has 1 N–H and O–H groups in total. The Bertz CT molecular complexity index is 725. The highest BCUT2D eigenvalue weighted by molar-refractivity contribution is 6.33. The maximum absolute atomic E-state index is 11.0. The quantitative estimate of drug-likeness (QED) is 0.651. The van der Waals surface area contributed by atoms with Crippen LogP contribution in [0.15, 0.2) is 12.3 Å². The summed E-state index contributed by atoms with van der Waals surface area (Å²) in [7, 11) is 0. The van der Waals surface area contributed by atoms with E-state index in [0.29, 0.717) is 41.7 Å². The molecule has 0 radical (unpaired) electrons. The smallest absolute Gasteiger partial charge is 0.236 e. The molecular weight excluding hydrogens is 392 g/mol. The Hall–Kier alpha value is -1.53. The molecule has 0 aliphatic heterocycles. The van der Waals surface area contributed by atoms with Gasteiger partial charge in [-0.1, -0.05) is 11.6 Å². The Labute approximate surface area is 177 Å². The second-order valence-electron chi connectivity index (χ2n) is 8.96. The molecule has 3 aliphatic carbocycles. The highest BCUT2D eigenvalue weighted by atomic mass is 35.5. The average molecular weight is 423 g/mol. The molecule has 0 saturated heterocycles. The fourth-order valence-corrected chi connectivity index (χ4v) is 5.12. The molecule has 4 rings (SSSR count). The lowest BCUT2D eigenvalue weighted by atomic mass is 9.83. The SMILES string of the molecule is CC(=O)N[C@@H](C)COC1CC(COc2nccc(OC3C[C@@H]4CC[C@@H]3C4)c2Cl)C1. The monoisotopic (exact) mass is 422 g/mol. The molecule has 2 bridgehead atoms. The minimum Gasteiger partial charge on any atom is -0.488 e. The van der Waals surface area contributed by atoms with Gasteiger partial charge in [-0.05, 0) is 63.2 Å². The lowest BCUT2D eigenvalue weighted by molar-refractivity contribution is -0.120. The summed E-state index contributed by atoms with van der Waals surface area (Å²) in [6, 6.07) is 1.87. The van der Waals surface area contributed by atoms with E-state index in [1.807, 2.05) is 13.0 Å². The molecule has 6 nitrogen and oxygen atoms in total. The van der Waals surface area contributed by atoms with Crippen LogP contribution in [-0.4, -0.2) is 42.4 Å². The lowest BCUT2D eigenvalue weighted by Crippen LogP contribution is -2.40. The number of nitrogens with zero attached hydrogens (tertiary/aromatic N) is 1. The first-order valence-corrected chi connectivity index (χ1v) is 11.2. The van der Waals surface area contributed by atoms with Gasteiger partial charge in [0, 0.05) is 25.2 Å². The number of hydrogen-bond acceptors (Lipinski definition) is 5. The number of carbonyl (C=O) groups excluding carboxylic acids is 1. The molecule has 1 unspecified atom stereocenters. The van der Waals surface area contributed by atoms with Crippen molar-refractivity contribution in [1.29, 1.82) is 0 Å². The Kier molecular flexibility index (Phi) is 6.50. The zero-order chi connectivity index (χ0) is 20.4. The van der Waals surface area contributed by atoms with Crippen LogP contribution >= 0.6 is 11.6 Å². The lowest BCUT2D eigenvalue weighted by Gasteiger charge is -2.35. The third kappa shape index (κ3) is 5.15. The summed E-state index contributed by atoms with van der Waals surface area (Å²) in [4.78, 5) is 15.3. The molecule has 160 valence electrons. The average Bonchev–Trinajstić information content (AvgIpc) is 3.25. The van der Waals surface area contributed by atoms with Crippen molar-refractivity contribution in [3.8, 4) is 11.6 Å². The zero-order valence-electron chi connectivity index (χ0n) is 17.2. The molecular formula is C22H31ClN2O4. The van der Waals surface area contributed by atoms with Gasteiger partial charge in [0.15, 0.2) is 0 Å². The molecule has 7 heteroatoms. The second kappa shape index (κ2) is 9.09. The summed E-state index contributed by atoms with van der Waals surface area (Å²) in [5.41, 5.74) is 0. The van der Waals surface area contributed by atoms with Crippen LogP contribution in [0.4, 0.5) is 0 Å². The highest BCUT2D eigenvalue weighted by Gasteiger charge is 2.41. The van der Waals surface area contributed by atoms with Gasteiger partial charge in [0.1, 0.15) is 16.9 Å². The Balaban J connectivity index is 1.19. The van der Waals surface area contributed by atoms with E-state index in [2.05, 4.69) is 10.3 Å². The number of halogens is 1. The fraction of sp³-hybridized carbons (Fsp3) is 0.727. The van der Waals surface area contributed by atoms with Crippen molar-refractivity contribution in [2.24, 2.45) is 17.8 Å². The van der Waals surface area contributed by atoms with Crippen molar-refractivity contribution >= 4 is 17.5 Å². The van der Waals surface area contributed by atoms with Crippen LogP contribution in [0.3, 0.4) is 0 Å². The van der Waals surface area contributed by atoms with Gasteiger partial charge in [0.05, 0.1) is 19.3 Å². The van der Waals surface area contributed by atoms with Gasteiger partial charge in [-0.25, -0.2) is 4.98 Å². The summed E-state index contributed by atoms with van der Waals surface area (Å²) in [5.74, 6) is 3.05. The van der Waals surface area contributed by atoms with E-state index in [4.69, 9.17) is 25.8 Å². The van der Waals surface area contributed by atoms with Crippen LogP contribution in [0, 0.1) is 17.8 Å². The topological polar surface area (TPSA) is 69.7 Å². The fourth-order valence-electron chi connectivity index (χ4n) is 4.91. The Morgan fingerprint density at radius 1 is 1.31 bits per heavy atom. The first kappa shape index (κ1) is 20.7. The molecule has 3 fully saturated rings. The van der Waals surface area contributed by atoms with E-state index >= 15 is 0 Å².